The van der Waals surface area contributed by atoms with E-state index in [1.165, 1.54) is 0 Å². The Morgan fingerprint density at radius 2 is 2.14 bits per heavy atom. The molecule has 5 nitrogen and oxygen atoms in total. The number of carbonyl (C=O) groups is 1. The summed E-state index contributed by atoms with van der Waals surface area (Å²) in [6.07, 6.45) is 6.04. The summed E-state index contributed by atoms with van der Waals surface area (Å²) >= 11 is 0. The van der Waals surface area contributed by atoms with Crippen LogP contribution in [0.3, 0.4) is 0 Å². The summed E-state index contributed by atoms with van der Waals surface area (Å²) in [4.78, 5) is 18.4. The Kier molecular flexibility index (Phi) is 4.01. The van der Waals surface area contributed by atoms with E-state index in [-0.39, 0.29) is 17.9 Å². The Balaban J connectivity index is 1.87. The number of benzene rings is 1. The molecule has 1 amide bonds. The lowest BCUT2D eigenvalue weighted by atomic mass is 10.1. The van der Waals surface area contributed by atoms with Gasteiger partial charge >= 0.3 is 0 Å². The van der Waals surface area contributed by atoms with E-state index < -0.39 is 0 Å². The SMILES string of the molecule is NCC1CC(=O)N(C(Cn2ccnc2)c2ccccc2)C1. The summed E-state index contributed by atoms with van der Waals surface area (Å²) in [7, 11) is 0. The van der Waals surface area contributed by atoms with Crippen molar-refractivity contribution in [2.75, 3.05) is 13.1 Å². The van der Waals surface area contributed by atoms with E-state index in [2.05, 4.69) is 17.1 Å². The number of hydrogen-bond donors (Lipinski definition) is 1. The summed E-state index contributed by atoms with van der Waals surface area (Å²) in [5.74, 6) is 0.464. The molecule has 2 atom stereocenters. The van der Waals surface area contributed by atoms with Gasteiger partial charge in [-0.2, -0.15) is 0 Å². The average molecular weight is 284 g/mol. The van der Waals surface area contributed by atoms with Gasteiger partial charge in [-0.15, -0.1) is 0 Å². The van der Waals surface area contributed by atoms with E-state index in [4.69, 9.17) is 5.73 Å². The van der Waals surface area contributed by atoms with Gasteiger partial charge in [-0.1, -0.05) is 30.3 Å². The van der Waals surface area contributed by atoms with Gasteiger partial charge in [-0.3, -0.25) is 4.79 Å². The Morgan fingerprint density at radius 3 is 2.76 bits per heavy atom. The minimum atomic E-state index is 0.0319. The molecule has 5 heteroatoms. The van der Waals surface area contributed by atoms with Crippen molar-refractivity contribution in [2.45, 2.75) is 19.0 Å². The Hall–Kier alpha value is -2.14. The van der Waals surface area contributed by atoms with Crippen LogP contribution < -0.4 is 5.73 Å². The van der Waals surface area contributed by atoms with Gasteiger partial charge in [0, 0.05) is 31.9 Å². The normalized spacial score (nSPS) is 20.0. The maximum absolute atomic E-state index is 12.3. The van der Waals surface area contributed by atoms with Crippen molar-refractivity contribution in [2.24, 2.45) is 11.7 Å². The predicted molar refractivity (Wildman–Crippen MR) is 80.3 cm³/mol. The number of likely N-dealkylation sites (tertiary alicyclic amines) is 1. The van der Waals surface area contributed by atoms with Crippen LogP contribution in [-0.4, -0.2) is 33.4 Å². The van der Waals surface area contributed by atoms with E-state index in [0.29, 0.717) is 19.5 Å². The maximum atomic E-state index is 12.3. The molecule has 1 aliphatic heterocycles. The van der Waals surface area contributed by atoms with Crippen LogP contribution in [0.2, 0.25) is 0 Å². The molecule has 0 spiro atoms. The highest BCUT2D eigenvalue weighted by molar-refractivity contribution is 5.79. The first-order valence-electron chi connectivity index (χ1n) is 7.28. The van der Waals surface area contributed by atoms with Crippen molar-refractivity contribution in [3.05, 3.63) is 54.6 Å². The number of imidazole rings is 1. The van der Waals surface area contributed by atoms with Crippen molar-refractivity contribution in [3.8, 4) is 0 Å². The topological polar surface area (TPSA) is 64.2 Å². The van der Waals surface area contributed by atoms with Gasteiger partial charge in [-0.05, 0) is 18.0 Å². The highest BCUT2D eigenvalue weighted by atomic mass is 16.2. The zero-order valence-corrected chi connectivity index (χ0v) is 11.9. The summed E-state index contributed by atoms with van der Waals surface area (Å²) in [5, 5.41) is 0. The third-order valence-corrected chi connectivity index (χ3v) is 4.08. The molecule has 0 radical (unpaired) electrons. The Labute approximate surface area is 124 Å². The molecule has 2 N–H and O–H groups in total. The highest BCUT2D eigenvalue weighted by Crippen LogP contribution is 2.29. The molecule has 3 rings (SSSR count). The van der Waals surface area contributed by atoms with Crippen LogP contribution >= 0.6 is 0 Å². The van der Waals surface area contributed by atoms with Crippen LogP contribution in [0.5, 0.6) is 0 Å². The Morgan fingerprint density at radius 1 is 1.33 bits per heavy atom. The molecule has 1 saturated heterocycles. The minimum absolute atomic E-state index is 0.0319. The van der Waals surface area contributed by atoms with E-state index in [9.17, 15) is 4.79 Å². The fourth-order valence-corrected chi connectivity index (χ4v) is 2.92. The van der Waals surface area contributed by atoms with Crippen LogP contribution in [0, 0.1) is 5.92 Å². The van der Waals surface area contributed by atoms with Crippen molar-refractivity contribution < 1.29 is 4.79 Å². The molecule has 0 aliphatic carbocycles. The smallest absolute Gasteiger partial charge is 0.223 e. The minimum Gasteiger partial charge on any atom is -0.335 e. The van der Waals surface area contributed by atoms with E-state index in [1.54, 1.807) is 12.5 Å². The molecule has 2 heterocycles. The van der Waals surface area contributed by atoms with Crippen molar-refractivity contribution in [3.63, 3.8) is 0 Å². The van der Waals surface area contributed by atoms with E-state index >= 15 is 0 Å². The van der Waals surface area contributed by atoms with E-state index in [1.807, 2.05) is 33.9 Å². The zero-order chi connectivity index (χ0) is 14.7. The number of carbonyl (C=O) groups excluding carboxylic acids is 1. The molecule has 1 fully saturated rings. The standard InChI is InChI=1S/C16H20N4O/c17-9-13-8-16(21)20(10-13)15(11-19-7-6-18-12-19)14-4-2-1-3-5-14/h1-7,12-13,15H,8-11,17H2. The molecule has 110 valence electrons. The zero-order valence-electron chi connectivity index (χ0n) is 11.9. The predicted octanol–water partition coefficient (Wildman–Crippen LogP) is 1.43. The van der Waals surface area contributed by atoms with Gasteiger partial charge in [0.15, 0.2) is 0 Å². The monoisotopic (exact) mass is 284 g/mol. The number of hydrogen-bond acceptors (Lipinski definition) is 3. The maximum Gasteiger partial charge on any atom is 0.223 e. The second-order valence-electron chi connectivity index (χ2n) is 5.54. The second kappa shape index (κ2) is 6.10. The number of rotatable bonds is 5. The second-order valence-corrected chi connectivity index (χ2v) is 5.54. The first kappa shape index (κ1) is 13.8. The van der Waals surface area contributed by atoms with Gasteiger partial charge in [0.2, 0.25) is 5.91 Å². The molecule has 2 unspecified atom stereocenters. The molecule has 1 aromatic carbocycles. The fourth-order valence-electron chi connectivity index (χ4n) is 2.92. The van der Waals surface area contributed by atoms with Gasteiger partial charge in [0.05, 0.1) is 12.4 Å². The van der Waals surface area contributed by atoms with Crippen molar-refractivity contribution in [1.29, 1.82) is 0 Å². The number of aromatic nitrogens is 2. The van der Waals surface area contributed by atoms with E-state index in [0.717, 1.165) is 12.1 Å². The van der Waals surface area contributed by atoms with Crippen LogP contribution in [-0.2, 0) is 11.3 Å². The summed E-state index contributed by atoms with van der Waals surface area (Å²) < 4.78 is 2.01. The Bertz CT molecular complexity index is 582. The van der Waals surface area contributed by atoms with Gasteiger partial charge in [0.25, 0.3) is 0 Å². The molecule has 21 heavy (non-hydrogen) atoms. The van der Waals surface area contributed by atoms with Gasteiger partial charge in [-0.25, -0.2) is 4.98 Å². The quantitative estimate of drug-likeness (QED) is 0.903. The largest absolute Gasteiger partial charge is 0.335 e. The molecule has 1 aromatic heterocycles. The third-order valence-electron chi connectivity index (χ3n) is 4.08. The van der Waals surface area contributed by atoms with Gasteiger partial charge in [0.1, 0.15) is 0 Å². The molecular formula is C16H20N4O. The summed E-state index contributed by atoms with van der Waals surface area (Å²) in [6, 6.07) is 10.2. The van der Waals surface area contributed by atoms with Crippen LogP contribution in [0.4, 0.5) is 0 Å². The number of nitrogens with two attached hydrogens (primary N) is 1. The lowest BCUT2D eigenvalue weighted by Crippen LogP contribution is -2.33. The number of amides is 1. The highest BCUT2D eigenvalue weighted by Gasteiger charge is 2.34. The lowest BCUT2D eigenvalue weighted by Gasteiger charge is -2.29. The van der Waals surface area contributed by atoms with Crippen LogP contribution in [0.15, 0.2) is 49.1 Å². The average Bonchev–Trinajstić information content (AvgIpc) is 3.15. The van der Waals surface area contributed by atoms with Gasteiger partial charge < -0.3 is 15.2 Å². The fraction of sp³-hybridized carbons (Fsp3) is 0.375. The third kappa shape index (κ3) is 2.97. The number of nitrogens with zero attached hydrogens (tertiary/aromatic N) is 3. The summed E-state index contributed by atoms with van der Waals surface area (Å²) in [5.41, 5.74) is 6.89. The molecule has 0 saturated carbocycles. The van der Waals surface area contributed by atoms with Crippen LogP contribution in [0.25, 0.3) is 0 Å². The molecule has 1 aliphatic rings. The molecular weight excluding hydrogens is 264 g/mol. The summed E-state index contributed by atoms with van der Waals surface area (Å²) in [6.45, 7) is 2.02. The molecule has 2 aromatic rings. The lowest BCUT2D eigenvalue weighted by molar-refractivity contribution is -0.130. The van der Waals surface area contributed by atoms with Crippen molar-refractivity contribution >= 4 is 5.91 Å². The first-order valence-corrected chi connectivity index (χ1v) is 7.28. The van der Waals surface area contributed by atoms with Crippen molar-refractivity contribution in [1.82, 2.24) is 14.5 Å². The first-order chi connectivity index (χ1) is 10.3. The molecule has 0 bridgehead atoms. The van der Waals surface area contributed by atoms with Crippen LogP contribution in [0.1, 0.15) is 18.0 Å².